The van der Waals surface area contributed by atoms with Gasteiger partial charge in [-0.05, 0) is 45.1 Å². The van der Waals surface area contributed by atoms with Crippen LogP contribution in [0, 0.1) is 5.92 Å². The molecule has 0 N–H and O–H groups in total. The van der Waals surface area contributed by atoms with Crippen LogP contribution in [0.25, 0.3) is 0 Å². The van der Waals surface area contributed by atoms with E-state index < -0.39 is 0 Å². The van der Waals surface area contributed by atoms with Gasteiger partial charge in [0.05, 0.1) is 0 Å². The molecular formula is C14H26N2O. The Balaban J connectivity index is 1.60. The van der Waals surface area contributed by atoms with E-state index in [1.165, 1.54) is 58.3 Å². The van der Waals surface area contributed by atoms with Crippen LogP contribution in [0.5, 0.6) is 0 Å². The molecule has 0 bridgehead atoms. The third-order valence-electron chi connectivity index (χ3n) is 5.09. The maximum Gasteiger partial charge on any atom is 0.0469 e. The van der Waals surface area contributed by atoms with Crippen molar-refractivity contribution in [3.8, 4) is 0 Å². The van der Waals surface area contributed by atoms with Gasteiger partial charge in [-0.15, -0.1) is 0 Å². The summed E-state index contributed by atoms with van der Waals surface area (Å²) in [5.74, 6) is 0.893. The third-order valence-corrected chi connectivity index (χ3v) is 5.09. The van der Waals surface area contributed by atoms with E-state index in [4.69, 9.17) is 4.74 Å². The van der Waals surface area contributed by atoms with E-state index in [0.717, 1.165) is 19.1 Å². The van der Waals surface area contributed by atoms with Crippen LogP contribution in [0.2, 0.25) is 0 Å². The smallest absolute Gasteiger partial charge is 0.0469 e. The molecule has 2 saturated heterocycles. The van der Waals surface area contributed by atoms with Crippen molar-refractivity contribution in [3.63, 3.8) is 0 Å². The molecule has 0 atom stereocenters. The van der Waals surface area contributed by atoms with Crippen LogP contribution in [-0.4, -0.2) is 61.8 Å². The average molecular weight is 238 g/mol. The molecule has 98 valence electrons. The Morgan fingerprint density at radius 1 is 1.18 bits per heavy atom. The van der Waals surface area contributed by atoms with Crippen LogP contribution in [0.15, 0.2) is 0 Å². The van der Waals surface area contributed by atoms with Crippen molar-refractivity contribution in [2.24, 2.45) is 5.92 Å². The molecule has 3 aliphatic rings. The number of piperazine rings is 1. The minimum Gasteiger partial charge on any atom is -0.381 e. The Kier molecular flexibility index (Phi) is 3.42. The molecule has 0 unspecified atom stereocenters. The molecule has 3 nitrogen and oxygen atoms in total. The molecule has 3 rings (SSSR count). The monoisotopic (exact) mass is 238 g/mol. The summed E-state index contributed by atoms with van der Waals surface area (Å²) in [6.07, 6.45) is 6.87. The molecule has 0 radical (unpaired) electrons. The zero-order valence-electron chi connectivity index (χ0n) is 11.2. The maximum atomic E-state index is 5.47. The lowest BCUT2D eigenvalue weighted by Gasteiger charge is -2.56. The van der Waals surface area contributed by atoms with E-state index in [-0.39, 0.29) is 0 Å². The van der Waals surface area contributed by atoms with Crippen LogP contribution in [0.4, 0.5) is 0 Å². The SMILES string of the molecule is CN1CCN(CC2CCOCC2)C2(CCC2)C1. The highest BCUT2D eigenvalue weighted by Gasteiger charge is 2.45. The molecule has 0 aromatic rings. The van der Waals surface area contributed by atoms with Gasteiger partial charge in [0, 0.05) is 44.9 Å². The van der Waals surface area contributed by atoms with Gasteiger partial charge in [0.15, 0.2) is 0 Å². The fourth-order valence-electron chi connectivity index (χ4n) is 3.79. The Labute approximate surface area is 105 Å². The van der Waals surface area contributed by atoms with Gasteiger partial charge in [-0.3, -0.25) is 4.90 Å². The number of ether oxygens (including phenoxy) is 1. The number of rotatable bonds is 2. The topological polar surface area (TPSA) is 15.7 Å². The summed E-state index contributed by atoms with van der Waals surface area (Å²) in [5, 5.41) is 0. The molecule has 0 amide bonds. The lowest BCUT2D eigenvalue weighted by Crippen LogP contribution is -2.65. The van der Waals surface area contributed by atoms with Gasteiger partial charge in [-0.2, -0.15) is 0 Å². The highest BCUT2D eigenvalue weighted by atomic mass is 16.5. The molecule has 0 aromatic heterocycles. The molecule has 1 aliphatic carbocycles. The van der Waals surface area contributed by atoms with Gasteiger partial charge in [0.25, 0.3) is 0 Å². The predicted molar refractivity (Wildman–Crippen MR) is 69.2 cm³/mol. The van der Waals surface area contributed by atoms with Crippen LogP contribution in [-0.2, 0) is 4.74 Å². The standard InChI is InChI=1S/C14H26N2O/c1-15-7-8-16(14(12-15)5-2-6-14)11-13-3-9-17-10-4-13/h13H,2-12H2,1H3. The van der Waals surface area contributed by atoms with Gasteiger partial charge in [0.2, 0.25) is 0 Å². The molecule has 3 fully saturated rings. The predicted octanol–water partition coefficient (Wildman–Crippen LogP) is 1.58. The van der Waals surface area contributed by atoms with E-state index >= 15 is 0 Å². The first-order chi connectivity index (χ1) is 8.28. The summed E-state index contributed by atoms with van der Waals surface area (Å²) in [6.45, 7) is 7.16. The van der Waals surface area contributed by atoms with E-state index in [0.29, 0.717) is 5.54 Å². The first-order valence-electron chi connectivity index (χ1n) is 7.30. The Morgan fingerprint density at radius 2 is 1.94 bits per heavy atom. The minimum atomic E-state index is 0.561. The number of nitrogens with zero attached hydrogens (tertiary/aromatic N) is 2. The largest absolute Gasteiger partial charge is 0.381 e. The van der Waals surface area contributed by atoms with Crippen molar-refractivity contribution < 1.29 is 4.74 Å². The van der Waals surface area contributed by atoms with Crippen molar-refractivity contribution in [2.45, 2.75) is 37.6 Å². The van der Waals surface area contributed by atoms with Crippen LogP contribution in [0.1, 0.15) is 32.1 Å². The first-order valence-corrected chi connectivity index (χ1v) is 7.30. The van der Waals surface area contributed by atoms with Crippen molar-refractivity contribution in [1.82, 2.24) is 9.80 Å². The molecular weight excluding hydrogens is 212 g/mol. The molecule has 2 heterocycles. The summed E-state index contributed by atoms with van der Waals surface area (Å²) in [5.41, 5.74) is 0.561. The molecule has 2 aliphatic heterocycles. The van der Waals surface area contributed by atoms with Crippen molar-refractivity contribution in [2.75, 3.05) is 46.4 Å². The van der Waals surface area contributed by atoms with Gasteiger partial charge in [-0.1, -0.05) is 0 Å². The Bertz CT molecular complexity index is 259. The van der Waals surface area contributed by atoms with Crippen molar-refractivity contribution in [3.05, 3.63) is 0 Å². The summed E-state index contributed by atoms with van der Waals surface area (Å²) in [4.78, 5) is 5.35. The van der Waals surface area contributed by atoms with E-state index in [1.54, 1.807) is 0 Å². The van der Waals surface area contributed by atoms with Crippen molar-refractivity contribution >= 4 is 0 Å². The van der Waals surface area contributed by atoms with Gasteiger partial charge < -0.3 is 9.64 Å². The normalized spacial score (nSPS) is 31.6. The van der Waals surface area contributed by atoms with Gasteiger partial charge in [-0.25, -0.2) is 0 Å². The molecule has 1 spiro atoms. The maximum absolute atomic E-state index is 5.47. The first kappa shape index (κ1) is 11.9. The fourth-order valence-corrected chi connectivity index (χ4v) is 3.79. The summed E-state index contributed by atoms with van der Waals surface area (Å²) in [6, 6.07) is 0. The van der Waals surface area contributed by atoms with E-state index in [2.05, 4.69) is 16.8 Å². The van der Waals surface area contributed by atoms with Crippen LogP contribution in [0.3, 0.4) is 0 Å². The van der Waals surface area contributed by atoms with Gasteiger partial charge >= 0.3 is 0 Å². The third kappa shape index (κ3) is 2.38. The second-order valence-corrected chi connectivity index (χ2v) is 6.32. The number of hydrogen-bond acceptors (Lipinski definition) is 3. The van der Waals surface area contributed by atoms with Crippen LogP contribution >= 0.6 is 0 Å². The van der Waals surface area contributed by atoms with E-state index in [9.17, 15) is 0 Å². The quantitative estimate of drug-likeness (QED) is 0.726. The lowest BCUT2D eigenvalue weighted by molar-refractivity contribution is -0.0622. The van der Waals surface area contributed by atoms with Gasteiger partial charge in [0.1, 0.15) is 0 Å². The second-order valence-electron chi connectivity index (χ2n) is 6.32. The average Bonchev–Trinajstić information content (AvgIpc) is 2.31. The minimum absolute atomic E-state index is 0.561. The summed E-state index contributed by atoms with van der Waals surface area (Å²) >= 11 is 0. The zero-order chi connectivity index (χ0) is 11.7. The molecule has 0 aromatic carbocycles. The second kappa shape index (κ2) is 4.87. The molecule has 3 heteroatoms. The number of hydrogen-bond donors (Lipinski definition) is 0. The Morgan fingerprint density at radius 3 is 2.59 bits per heavy atom. The molecule has 1 saturated carbocycles. The van der Waals surface area contributed by atoms with Crippen LogP contribution < -0.4 is 0 Å². The number of likely N-dealkylation sites (N-methyl/N-ethyl adjacent to an activating group) is 1. The van der Waals surface area contributed by atoms with Crippen molar-refractivity contribution in [1.29, 1.82) is 0 Å². The zero-order valence-corrected chi connectivity index (χ0v) is 11.2. The highest BCUT2D eigenvalue weighted by Crippen LogP contribution is 2.40. The fraction of sp³-hybridized carbons (Fsp3) is 1.00. The van der Waals surface area contributed by atoms with E-state index in [1.807, 2.05) is 0 Å². The summed E-state index contributed by atoms with van der Waals surface area (Å²) < 4.78 is 5.47. The molecule has 17 heavy (non-hydrogen) atoms. The summed E-state index contributed by atoms with van der Waals surface area (Å²) in [7, 11) is 2.28. The lowest BCUT2D eigenvalue weighted by atomic mass is 9.73. The highest BCUT2D eigenvalue weighted by molar-refractivity contribution is 5.02. The Hall–Kier alpha value is -0.120.